The molecule has 0 radical (unpaired) electrons. The van der Waals surface area contributed by atoms with Gasteiger partial charge < -0.3 is 9.84 Å². The molecule has 1 aliphatic heterocycles. The van der Waals surface area contributed by atoms with Crippen molar-refractivity contribution in [1.82, 2.24) is 14.7 Å². The minimum absolute atomic E-state index is 0.221. The highest BCUT2D eigenvalue weighted by atomic mass is 16.5. The highest BCUT2D eigenvalue weighted by Crippen LogP contribution is 2.24. The molecule has 2 aromatic rings. The van der Waals surface area contributed by atoms with Crippen molar-refractivity contribution >= 4 is 0 Å². The van der Waals surface area contributed by atoms with Crippen LogP contribution in [-0.4, -0.2) is 45.6 Å². The second kappa shape index (κ2) is 7.25. The maximum atomic E-state index is 10.5. The predicted molar refractivity (Wildman–Crippen MR) is 89.0 cm³/mol. The van der Waals surface area contributed by atoms with Crippen LogP contribution in [0.3, 0.4) is 0 Å². The second-order valence-electron chi connectivity index (χ2n) is 6.27. The molecular weight excluding hydrogens is 290 g/mol. The number of aromatic nitrogens is 2. The highest BCUT2D eigenvalue weighted by molar-refractivity contribution is 5.18. The number of morpholine rings is 1. The van der Waals surface area contributed by atoms with E-state index >= 15 is 0 Å². The Kier molecular flexibility index (Phi) is 5.10. The molecule has 0 bridgehead atoms. The molecule has 1 aromatic heterocycles. The maximum absolute atomic E-state index is 10.5. The molecule has 1 saturated heterocycles. The largest absolute Gasteiger partial charge is 0.388 e. The molecule has 1 fully saturated rings. The molecule has 0 saturated carbocycles. The Morgan fingerprint density at radius 2 is 2.13 bits per heavy atom. The Labute approximate surface area is 137 Å². The molecule has 124 valence electrons. The third kappa shape index (κ3) is 3.99. The van der Waals surface area contributed by atoms with Crippen LogP contribution in [0.4, 0.5) is 0 Å². The molecule has 1 aromatic carbocycles. The average molecular weight is 315 g/mol. The monoisotopic (exact) mass is 315 g/mol. The molecule has 0 aliphatic carbocycles. The molecule has 1 N–H and O–H groups in total. The van der Waals surface area contributed by atoms with Crippen molar-refractivity contribution in [3.05, 3.63) is 53.3 Å². The van der Waals surface area contributed by atoms with E-state index in [-0.39, 0.29) is 6.04 Å². The Balaban J connectivity index is 1.68. The SMILES string of the molecule is Cc1nn(C)cc1CN1CCOCC1CC(O)c1ccccc1. The van der Waals surface area contributed by atoms with Gasteiger partial charge in [-0.25, -0.2) is 0 Å². The lowest BCUT2D eigenvalue weighted by molar-refractivity contribution is -0.0300. The lowest BCUT2D eigenvalue weighted by atomic mass is 10.0. The topological polar surface area (TPSA) is 50.5 Å². The van der Waals surface area contributed by atoms with Gasteiger partial charge >= 0.3 is 0 Å². The first-order valence-electron chi connectivity index (χ1n) is 8.17. The third-order valence-electron chi connectivity index (χ3n) is 4.52. The van der Waals surface area contributed by atoms with Gasteiger partial charge in [0.2, 0.25) is 0 Å². The third-order valence-corrected chi connectivity index (χ3v) is 4.52. The Hall–Kier alpha value is -1.69. The summed E-state index contributed by atoms with van der Waals surface area (Å²) >= 11 is 0. The molecule has 1 aliphatic rings. The Morgan fingerprint density at radius 1 is 1.35 bits per heavy atom. The second-order valence-corrected chi connectivity index (χ2v) is 6.27. The zero-order valence-corrected chi connectivity index (χ0v) is 13.9. The predicted octanol–water partition coefficient (Wildman–Crippen LogP) is 2.05. The van der Waals surface area contributed by atoms with E-state index in [1.807, 2.05) is 49.0 Å². The smallest absolute Gasteiger partial charge is 0.0805 e. The van der Waals surface area contributed by atoms with E-state index < -0.39 is 6.10 Å². The summed E-state index contributed by atoms with van der Waals surface area (Å²) < 4.78 is 7.51. The number of nitrogens with zero attached hydrogens (tertiary/aromatic N) is 3. The quantitative estimate of drug-likeness (QED) is 0.917. The van der Waals surface area contributed by atoms with Crippen molar-refractivity contribution in [2.24, 2.45) is 7.05 Å². The summed E-state index contributed by atoms with van der Waals surface area (Å²) in [6, 6.07) is 10.1. The van der Waals surface area contributed by atoms with E-state index in [0.717, 1.165) is 31.0 Å². The molecule has 0 amide bonds. The van der Waals surface area contributed by atoms with Gasteiger partial charge in [-0.15, -0.1) is 0 Å². The molecule has 5 heteroatoms. The number of ether oxygens (including phenoxy) is 1. The Bertz CT molecular complexity index is 626. The number of hydrogen-bond acceptors (Lipinski definition) is 4. The first-order valence-corrected chi connectivity index (χ1v) is 8.17. The van der Waals surface area contributed by atoms with Crippen molar-refractivity contribution < 1.29 is 9.84 Å². The van der Waals surface area contributed by atoms with E-state index in [4.69, 9.17) is 4.74 Å². The van der Waals surface area contributed by atoms with Crippen molar-refractivity contribution in [2.45, 2.75) is 32.0 Å². The van der Waals surface area contributed by atoms with Crippen LogP contribution in [0.25, 0.3) is 0 Å². The highest BCUT2D eigenvalue weighted by Gasteiger charge is 2.26. The summed E-state index contributed by atoms with van der Waals surface area (Å²) in [6.07, 6.45) is 2.30. The molecule has 0 spiro atoms. The minimum Gasteiger partial charge on any atom is -0.388 e. The number of benzene rings is 1. The Morgan fingerprint density at radius 3 is 2.83 bits per heavy atom. The van der Waals surface area contributed by atoms with Gasteiger partial charge in [0.1, 0.15) is 0 Å². The lowest BCUT2D eigenvalue weighted by Gasteiger charge is -2.36. The molecule has 2 unspecified atom stereocenters. The fourth-order valence-corrected chi connectivity index (χ4v) is 3.21. The normalized spacial score (nSPS) is 20.6. The summed E-state index contributed by atoms with van der Waals surface area (Å²) in [5.41, 5.74) is 3.28. The van der Waals surface area contributed by atoms with E-state index in [2.05, 4.69) is 16.2 Å². The molecule has 2 atom stereocenters. The van der Waals surface area contributed by atoms with Crippen molar-refractivity contribution in [1.29, 1.82) is 0 Å². The fourth-order valence-electron chi connectivity index (χ4n) is 3.21. The van der Waals surface area contributed by atoms with Crippen LogP contribution in [-0.2, 0) is 18.3 Å². The van der Waals surface area contributed by atoms with Gasteiger partial charge in [-0.2, -0.15) is 5.10 Å². The average Bonchev–Trinajstić information content (AvgIpc) is 2.87. The number of aliphatic hydroxyl groups is 1. The van der Waals surface area contributed by atoms with Gasteiger partial charge in [0.05, 0.1) is 25.0 Å². The van der Waals surface area contributed by atoms with Gasteiger partial charge in [-0.1, -0.05) is 30.3 Å². The summed E-state index contributed by atoms with van der Waals surface area (Å²) in [5.74, 6) is 0. The molecule has 2 heterocycles. The number of hydrogen-bond donors (Lipinski definition) is 1. The zero-order valence-electron chi connectivity index (χ0n) is 13.9. The first-order chi connectivity index (χ1) is 11.1. The van der Waals surface area contributed by atoms with Crippen LogP contribution in [0.1, 0.15) is 29.3 Å². The van der Waals surface area contributed by atoms with Crippen LogP contribution in [0.2, 0.25) is 0 Å². The number of aryl methyl sites for hydroxylation is 2. The maximum Gasteiger partial charge on any atom is 0.0805 e. The fraction of sp³-hybridized carbons (Fsp3) is 0.500. The number of rotatable bonds is 5. The summed E-state index contributed by atoms with van der Waals surface area (Å²) in [7, 11) is 1.95. The van der Waals surface area contributed by atoms with Gasteiger partial charge in [0.15, 0.2) is 0 Å². The minimum atomic E-state index is -0.458. The van der Waals surface area contributed by atoms with Crippen LogP contribution in [0.15, 0.2) is 36.5 Å². The molecule has 23 heavy (non-hydrogen) atoms. The van der Waals surface area contributed by atoms with E-state index in [0.29, 0.717) is 13.0 Å². The van der Waals surface area contributed by atoms with E-state index in [1.54, 1.807) is 0 Å². The van der Waals surface area contributed by atoms with Gasteiger partial charge in [-0.3, -0.25) is 9.58 Å². The van der Waals surface area contributed by atoms with Crippen LogP contribution < -0.4 is 0 Å². The van der Waals surface area contributed by atoms with Crippen LogP contribution in [0, 0.1) is 6.92 Å². The van der Waals surface area contributed by atoms with Gasteiger partial charge in [0.25, 0.3) is 0 Å². The zero-order chi connectivity index (χ0) is 16.2. The van der Waals surface area contributed by atoms with Gasteiger partial charge in [0, 0.05) is 37.9 Å². The summed E-state index contributed by atoms with van der Waals surface area (Å²) in [6.45, 7) is 5.21. The molecular formula is C18H25N3O2. The van der Waals surface area contributed by atoms with Gasteiger partial charge in [-0.05, 0) is 18.9 Å². The first kappa shape index (κ1) is 16.2. The number of aliphatic hydroxyl groups excluding tert-OH is 1. The van der Waals surface area contributed by atoms with Crippen molar-refractivity contribution in [3.8, 4) is 0 Å². The lowest BCUT2D eigenvalue weighted by Crippen LogP contribution is -2.45. The van der Waals surface area contributed by atoms with Crippen LogP contribution in [0.5, 0.6) is 0 Å². The summed E-state index contributed by atoms with van der Waals surface area (Å²) in [4.78, 5) is 2.40. The molecule has 5 nitrogen and oxygen atoms in total. The van der Waals surface area contributed by atoms with Crippen molar-refractivity contribution in [3.63, 3.8) is 0 Å². The standard InChI is InChI=1S/C18H25N3O2/c1-14-16(11-20(2)19-14)12-21-8-9-23-13-17(21)10-18(22)15-6-4-3-5-7-15/h3-7,11,17-18,22H,8-10,12-13H2,1-2H3. The molecule has 3 rings (SSSR count). The van der Waals surface area contributed by atoms with Crippen molar-refractivity contribution in [2.75, 3.05) is 19.8 Å². The van der Waals surface area contributed by atoms with Crippen LogP contribution >= 0.6 is 0 Å². The van der Waals surface area contributed by atoms with E-state index in [1.165, 1.54) is 5.56 Å². The summed E-state index contributed by atoms with van der Waals surface area (Å²) in [5, 5.41) is 14.9. The van der Waals surface area contributed by atoms with E-state index in [9.17, 15) is 5.11 Å².